The Bertz CT molecular complexity index is 495. The van der Waals surface area contributed by atoms with Crippen molar-refractivity contribution in [2.75, 3.05) is 6.54 Å². The first-order valence-corrected chi connectivity index (χ1v) is 6.96. The molecular weight excluding hydrogens is 242 g/mol. The van der Waals surface area contributed by atoms with Crippen LogP contribution in [0.1, 0.15) is 26.2 Å². The van der Waals surface area contributed by atoms with Gasteiger partial charge in [-0.3, -0.25) is 9.89 Å². The number of aromatic amines is 1. The number of rotatable bonds is 4. The minimum absolute atomic E-state index is 0.0179. The third-order valence-electron chi connectivity index (χ3n) is 2.93. The lowest BCUT2D eigenvalue weighted by molar-refractivity contribution is -0.117. The summed E-state index contributed by atoms with van der Waals surface area (Å²) < 4.78 is 25.9. The van der Waals surface area contributed by atoms with Crippen LogP contribution < -0.4 is 0 Å². The number of sulfonamides is 1. The summed E-state index contributed by atoms with van der Waals surface area (Å²) in [7, 11) is -3.50. The van der Waals surface area contributed by atoms with Gasteiger partial charge in [-0.05, 0) is 19.8 Å². The molecule has 1 aromatic heterocycles. The van der Waals surface area contributed by atoms with Crippen LogP contribution in [0, 0.1) is 0 Å². The van der Waals surface area contributed by atoms with Gasteiger partial charge < -0.3 is 0 Å². The minimum atomic E-state index is -3.50. The van der Waals surface area contributed by atoms with Gasteiger partial charge in [-0.15, -0.1) is 0 Å². The van der Waals surface area contributed by atoms with E-state index in [1.807, 2.05) is 0 Å². The van der Waals surface area contributed by atoms with Crippen LogP contribution in [0.3, 0.4) is 0 Å². The molecule has 1 unspecified atom stereocenters. The second-order valence-corrected chi connectivity index (χ2v) is 6.14. The standard InChI is InChI=1S/C10H15N3O3S/c1-8(14)5-9-3-2-4-13(9)17(15,16)10-6-11-12-7-10/h6-7,9H,2-5H2,1H3,(H,11,12). The number of H-pyrrole nitrogens is 1. The summed E-state index contributed by atoms with van der Waals surface area (Å²) in [5.41, 5.74) is 0. The summed E-state index contributed by atoms with van der Waals surface area (Å²) >= 11 is 0. The third-order valence-corrected chi connectivity index (χ3v) is 4.84. The van der Waals surface area contributed by atoms with Gasteiger partial charge in [0.15, 0.2) is 0 Å². The van der Waals surface area contributed by atoms with Crippen LogP contribution in [-0.4, -0.2) is 41.3 Å². The fraction of sp³-hybridized carbons (Fsp3) is 0.600. The summed E-state index contributed by atoms with van der Waals surface area (Å²) in [5, 5.41) is 6.14. The summed E-state index contributed by atoms with van der Waals surface area (Å²) in [6.07, 6.45) is 4.49. The Labute approximate surface area is 100 Å². The van der Waals surface area contributed by atoms with Crippen molar-refractivity contribution in [2.45, 2.75) is 37.1 Å². The number of nitrogens with zero attached hydrogens (tertiary/aromatic N) is 2. The van der Waals surface area contributed by atoms with Gasteiger partial charge in [0.1, 0.15) is 10.7 Å². The summed E-state index contributed by atoms with van der Waals surface area (Å²) in [6, 6.07) is -0.201. The number of Topliss-reactive ketones (excluding diaryl/α,β-unsaturated/α-hetero) is 1. The number of aromatic nitrogens is 2. The Morgan fingerprint density at radius 3 is 3.00 bits per heavy atom. The number of hydrogen-bond acceptors (Lipinski definition) is 4. The van der Waals surface area contributed by atoms with Crippen LogP contribution in [-0.2, 0) is 14.8 Å². The molecule has 0 bridgehead atoms. The zero-order chi connectivity index (χ0) is 12.5. The molecule has 0 amide bonds. The van der Waals surface area contributed by atoms with Crippen molar-refractivity contribution >= 4 is 15.8 Å². The molecule has 1 saturated heterocycles. The van der Waals surface area contributed by atoms with Crippen molar-refractivity contribution in [1.82, 2.24) is 14.5 Å². The highest BCUT2D eigenvalue weighted by molar-refractivity contribution is 7.89. The first-order valence-electron chi connectivity index (χ1n) is 5.52. The third kappa shape index (κ3) is 2.39. The lowest BCUT2D eigenvalue weighted by Gasteiger charge is -2.22. The molecule has 0 spiro atoms. The molecule has 6 nitrogen and oxygen atoms in total. The van der Waals surface area contributed by atoms with Crippen LogP contribution >= 0.6 is 0 Å². The molecule has 2 rings (SSSR count). The quantitative estimate of drug-likeness (QED) is 0.853. The highest BCUT2D eigenvalue weighted by Crippen LogP contribution is 2.27. The lowest BCUT2D eigenvalue weighted by Crippen LogP contribution is -2.36. The topological polar surface area (TPSA) is 83.1 Å². The molecule has 1 aliphatic heterocycles. The first-order chi connectivity index (χ1) is 8.01. The van der Waals surface area contributed by atoms with Gasteiger partial charge in [-0.1, -0.05) is 0 Å². The zero-order valence-electron chi connectivity index (χ0n) is 9.59. The predicted octanol–water partition coefficient (Wildman–Crippen LogP) is 0.542. The van der Waals surface area contributed by atoms with Gasteiger partial charge in [0.05, 0.1) is 6.20 Å². The first kappa shape index (κ1) is 12.3. The Kier molecular flexibility index (Phi) is 3.30. The maximum Gasteiger partial charge on any atom is 0.246 e. The largest absolute Gasteiger partial charge is 0.300 e. The van der Waals surface area contributed by atoms with Crippen LogP contribution in [0.4, 0.5) is 0 Å². The van der Waals surface area contributed by atoms with Gasteiger partial charge in [-0.25, -0.2) is 8.42 Å². The second-order valence-electron chi connectivity index (χ2n) is 4.25. The molecule has 2 heterocycles. The number of carbonyl (C=O) groups is 1. The smallest absolute Gasteiger partial charge is 0.246 e. The van der Waals surface area contributed by atoms with Gasteiger partial charge in [0.25, 0.3) is 0 Å². The van der Waals surface area contributed by atoms with Crippen molar-refractivity contribution < 1.29 is 13.2 Å². The predicted molar refractivity (Wildman–Crippen MR) is 60.8 cm³/mol. The average Bonchev–Trinajstić information content (AvgIpc) is 2.85. The molecular formula is C10H15N3O3S. The van der Waals surface area contributed by atoms with Gasteiger partial charge in [-0.2, -0.15) is 9.40 Å². The minimum Gasteiger partial charge on any atom is -0.300 e. The van der Waals surface area contributed by atoms with E-state index in [9.17, 15) is 13.2 Å². The van der Waals surface area contributed by atoms with Gasteiger partial charge in [0, 0.05) is 25.2 Å². The van der Waals surface area contributed by atoms with Crippen LogP contribution in [0.25, 0.3) is 0 Å². The summed E-state index contributed by atoms with van der Waals surface area (Å²) in [6.45, 7) is 1.96. The molecule has 7 heteroatoms. The van der Waals surface area contributed by atoms with E-state index in [4.69, 9.17) is 0 Å². The molecule has 1 N–H and O–H groups in total. The lowest BCUT2D eigenvalue weighted by atomic mass is 10.1. The summed E-state index contributed by atoms with van der Waals surface area (Å²) in [5.74, 6) is 0.0179. The Morgan fingerprint density at radius 1 is 1.65 bits per heavy atom. The Balaban J connectivity index is 2.24. The second kappa shape index (κ2) is 4.58. The fourth-order valence-corrected chi connectivity index (χ4v) is 3.78. The molecule has 1 aliphatic rings. The monoisotopic (exact) mass is 257 g/mol. The number of carbonyl (C=O) groups excluding carboxylic acids is 1. The van der Waals surface area contributed by atoms with Crippen molar-refractivity contribution in [2.24, 2.45) is 0 Å². The van der Waals surface area contributed by atoms with Crippen molar-refractivity contribution in [1.29, 1.82) is 0 Å². The number of ketones is 1. The Hall–Kier alpha value is -1.21. The molecule has 0 aromatic carbocycles. The van der Waals surface area contributed by atoms with E-state index in [1.165, 1.54) is 23.6 Å². The molecule has 1 aromatic rings. The van der Waals surface area contributed by atoms with Crippen LogP contribution in [0.2, 0.25) is 0 Å². The maximum absolute atomic E-state index is 12.2. The van der Waals surface area contributed by atoms with Crippen LogP contribution in [0.5, 0.6) is 0 Å². The van der Waals surface area contributed by atoms with E-state index in [1.54, 1.807) is 0 Å². The van der Waals surface area contributed by atoms with E-state index in [2.05, 4.69) is 10.2 Å². The number of nitrogens with one attached hydrogen (secondary N) is 1. The summed E-state index contributed by atoms with van der Waals surface area (Å²) in [4.78, 5) is 11.3. The van der Waals surface area contributed by atoms with Gasteiger partial charge in [0.2, 0.25) is 10.0 Å². The van der Waals surface area contributed by atoms with Crippen molar-refractivity contribution in [3.63, 3.8) is 0 Å². The molecule has 0 saturated carbocycles. The SMILES string of the molecule is CC(=O)CC1CCCN1S(=O)(=O)c1cn[nH]c1. The van der Waals surface area contributed by atoms with E-state index < -0.39 is 10.0 Å². The number of hydrogen-bond donors (Lipinski definition) is 1. The van der Waals surface area contributed by atoms with E-state index in [0.717, 1.165) is 12.8 Å². The molecule has 17 heavy (non-hydrogen) atoms. The molecule has 0 radical (unpaired) electrons. The van der Waals surface area contributed by atoms with Crippen molar-refractivity contribution in [3.05, 3.63) is 12.4 Å². The zero-order valence-corrected chi connectivity index (χ0v) is 10.4. The van der Waals surface area contributed by atoms with E-state index in [0.29, 0.717) is 6.54 Å². The average molecular weight is 257 g/mol. The normalized spacial score (nSPS) is 21.8. The van der Waals surface area contributed by atoms with Crippen LogP contribution in [0.15, 0.2) is 17.3 Å². The highest BCUT2D eigenvalue weighted by Gasteiger charge is 2.36. The highest BCUT2D eigenvalue weighted by atomic mass is 32.2. The fourth-order valence-electron chi connectivity index (χ4n) is 2.18. The van der Waals surface area contributed by atoms with E-state index in [-0.39, 0.29) is 23.1 Å². The molecule has 94 valence electrons. The van der Waals surface area contributed by atoms with Gasteiger partial charge >= 0.3 is 0 Å². The molecule has 0 aliphatic carbocycles. The molecule has 1 fully saturated rings. The molecule has 1 atom stereocenters. The Morgan fingerprint density at radius 2 is 2.41 bits per heavy atom. The van der Waals surface area contributed by atoms with E-state index >= 15 is 0 Å². The maximum atomic E-state index is 12.2. The van der Waals surface area contributed by atoms with Crippen molar-refractivity contribution in [3.8, 4) is 0 Å².